The summed E-state index contributed by atoms with van der Waals surface area (Å²) in [5.41, 5.74) is 8.94. The second kappa shape index (κ2) is 6.50. The molecular weight excluding hydrogens is 270 g/mol. The second-order valence-electron chi connectivity index (χ2n) is 5.53. The van der Waals surface area contributed by atoms with Gasteiger partial charge in [0.05, 0.1) is 5.56 Å². The molecule has 2 rings (SSSR count). The number of hydrogen-bond acceptors (Lipinski definition) is 4. The van der Waals surface area contributed by atoms with Crippen LogP contribution in [0.5, 0.6) is 0 Å². The van der Waals surface area contributed by atoms with E-state index in [0.717, 1.165) is 55.2 Å². The Morgan fingerprint density at radius 2 is 2.10 bits per heavy atom. The Labute approximate surface area is 126 Å². The van der Waals surface area contributed by atoms with Gasteiger partial charge in [-0.3, -0.25) is 0 Å². The highest BCUT2D eigenvalue weighted by atomic mass is 32.1. The third-order valence-corrected chi connectivity index (χ3v) is 4.09. The predicted molar refractivity (Wildman–Crippen MR) is 86.4 cm³/mol. The molecule has 1 aliphatic heterocycles. The van der Waals surface area contributed by atoms with Crippen molar-refractivity contribution in [3.05, 3.63) is 22.9 Å². The number of pyridine rings is 1. The van der Waals surface area contributed by atoms with Gasteiger partial charge in [0.1, 0.15) is 10.8 Å². The highest BCUT2D eigenvalue weighted by Crippen LogP contribution is 2.27. The molecule has 0 unspecified atom stereocenters. The molecule has 1 aliphatic rings. The zero-order valence-electron chi connectivity index (χ0n) is 12.5. The van der Waals surface area contributed by atoms with E-state index in [9.17, 15) is 0 Å². The number of ether oxygens (including phenoxy) is 1. The molecule has 2 heterocycles. The first-order valence-electron chi connectivity index (χ1n) is 7.05. The van der Waals surface area contributed by atoms with Gasteiger partial charge in [-0.1, -0.05) is 12.2 Å². The van der Waals surface area contributed by atoms with Crippen LogP contribution in [0.4, 0.5) is 5.82 Å². The lowest BCUT2D eigenvalue weighted by molar-refractivity contribution is 0.139. The Kier molecular flexibility index (Phi) is 4.94. The van der Waals surface area contributed by atoms with Crippen LogP contribution in [0.3, 0.4) is 0 Å². The molecule has 0 spiro atoms. The molecule has 2 N–H and O–H groups in total. The van der Waals surface area contributed by atoms with E-state index >= 15 is 0 Å². The average Bonchev–Trinajstić information content (AvgIpc) is 2.38. The molecule has 1 saturated heterocycles. The molecule has 4 nitrogen and oxygen atoms in total. The molecule has 0 radical (unpaired) electrons. The number of nitrogens with two attached hydrogens (primary N) is 1. The summed E-state index contributed by atoms with van der Waals surface area (Å²) in [4.78, 5) is 7.42. The SMILES string of the molecule is COCC1CCN(c2nc(C)cc(C)c2C(N)=S)CC1. The largest absolute Gasteiger partial charge is 0.389 e. The van der Waals surface area contributed by atoms with Gasteiger partial charge in [0.2, 0.25) is 0 Å². The summed E-state index contributed by atoms with van der Waals surface area (Å²) in [7, 11) is 1.77. The van der Waals surface area contributed by atoms with Gasteiger partial charge >= 0.3 is 0 Å². The highest BCUT2D eigenvalue weighted by Gasteiger charge is 2.23. The van der Waals surface area contributed by atoms with E-state index in [0.29, 0.717) is 10.9 Å². The molecule has 5 heteroatoms. The van der Waals surface area contributed by atoms with Crippen molar-refractivity contribution in [3.8, 4) is 0 Å². The minimum Gasteiger partial charge on any atom is -0.389 e. The molecule has 0 bridgehead atoms. The Morgan fingerprint density at radius 1 is 1.45 bits per heavy atom. The fourth-order valence-electron chi connectivity index (χ4n) is 2.90. The molecule has 1 fully saturated rings. The first-order chi connectivity index (χ1) is 9.52. The fraction of sp³-hybridized carbons (Fsp3) is 0.600. The lowest BCUT2D eigenvalue weighted by Crippen LogP contribution is -2.37. The normalized spacial score (nSPS) is 16.4. The van der Waals surface area contributed by atoms with Crippen LogP contribution >= 0.6 is 12.2 Å². The summed E-state index contributed by atoms with van der Waals surface area (Å²) in [5, 5.41) is 0. The minimum atomic E-state index is 0.434. The van der Waals surface area contributed by atoms with Gasteiger partial charge < -0.3 is 15.4 Å². The van der Waals surface area contributed by atoms with E-state index in [4.69, 9.17) is 22.7 Å². The number of nitrogens with zero attached hydrogens (tertiary/aromatic N) is 2. The quantitative estimate of drug-likeness (QED) is 0.863. The van der Waals surface area contributed by atoms with E-state index in [-0.39, 0.29) is 0 Å². The lowest BCUT2D eigenvalue weighted by atomic mass is 9.97. The Bertz CT molecular complexity index is 496. The topological polar surface area (TPSA) is 51.4 Å². The molecule has 0 aliphatic carbocycles. The van der Waals surface area contributed by atoms with Crippen molar-refractivity contribution < 1.29 is 4.74 Å². The fourth-order valence-corrected chi connectivity index (χ4v) is 3.15. The van der Waals surface area contributed by atoms with Crippen LogP contribution in [0.15, 0.2) is 6.07 Å². The van der Waals surface area contributed by atoms with Gasteiger partial charge in [-0.25, -0.2) is 4.98 Å². The van der Waals surface area contributed by atoms with Gasteiger partial charge in [0.15, 0.2) is 0 Å². The highest BCUT2D eigenvalue weighted by molar-refractivity contribution is 7.80. The van der Waals surface area contributed by atoms with Crippen molar-refractivity contribution in [2.24, 2.45) is 11.7 Å². The molecule has 0 aromatic carbocycles. The van der Waals surface area contributed by atoms with Crippen molar-refractivity contribution in [2.45, 2.75) is 26.7 Å². The van der Waals surface area contributed by atoms with Gasteiger partial charge in [0.25, 0.3) is 0 Å². The minimum absolute atomic E-state index is 0.434. The van der Waals surface area contributed by atoms with Crippen LogP contribution in [0.25, 0.3) is 0 Å². The van der Waals surface area contributed by atoms with Gasteiger partial charge in [-0.05, 0) is 44.2 Å². The van der Waals surface area contributed by atoms with Gasteiger partial charge in [0, 0.05) is 32.5 Å². The van der Waals surface area contributed by atoms with Crippen LogP contribution in [0.1, 0.15) is 29.7 Å². The molecule has 0 amide bonds. The standard InChI is InChI=1S/C15H23N3OS/c1-10-8-11(2)17-15(13(10)14(16)20)18-6-4-12(5-7-18)9-19-3/h8,12H,4-7,9H2,1-3H3,(H2,16,20). The average molecular weight is 293 g/mol. The maximum absolute atomic E-state index is 5.89. The van der Waals surface area contributed by atoms with Gasteiger partial charge in [-0.15, -0.1) is 0 Å². The van der Waals surface area contributed by atoms with Gasteiger partial charge in [-0.2, -0.15) is 0 Å². The van der Waals surface area contributed by atoms with E-state index in [1.165, 1.54) is 0 Å². The lowest BCUT2D eigenvalue weighted by Gasteiger charge is -2.34. The summed E-state index contributed by atoms with van der Waals surface area (Å²) >= 11 is 5.21. The summed E-state index contributed by atoms with van der Waals surface area (Å²) in [6, 6.07) is 2.04. The molecule has 1 aromatic heterocycles. The smallest absolute Gasteiger partial charge is 0.139 e. The maximum Gasteiger partial charge on any atom is 0.139 e. The van der Waals surface area contributed by atoms with Crippen molar-refractivity contribution in [1.82, 2.24) is 4.98 Å². The van der Waals surface area contributed by atoms with Crippen molar-refractivity contribution in [1.29, 1.82) is 0 Å². The van der Waals surface area contributed by atoms with Crippen LogP contribution < -0.4 is 10.6 Å². The molecule has 0 saturated carbocycles. The monoisotopic (exact) mass is 293 g/mol. The Morgan fingerprint density at radius 3 is 2.65 bits per heavy atom. The molecular formula is C15H23N3OS. The zero-order chi connectivity index (χ0) is 14.7. The maximum atomic E-state index is 5.89. The first-order valence-corrected chi connectivity index (χ1v) is 7.45. The second-order valence-corrected chi connectivity index (χ2v) is 5.97. The van der Waals surface area contributed by atoms with Crippen LogP contribution in [0.2, 0.25) is 0 Å². The third-order valence-electron chi connectivity index (χ3n) is 3.89. The van der Waals surface area contributed by atoms with Crippen molar-refractivity contribution in [3.63, 3.8) is 0 Å². The molecule has 1 aromatic rings. The summed E-state index contributed by atoms with van der Waals surface area (Å²) in [6.45, 7) is 6.87. The number of methoxy groups -OCH3 is 1. The number of piperidine rings is 1. The van der Waals surface area contributed by atoms with E-state index in [1.54, 1.807) is 7.11 Å². The third kappa shape index (κ3) is 3.27. The van der Waals surface area contributed by atoms with Crippen LogP contribution in [0, 0.1) is 19.8 Å². The van der Waals surface area contributed by atoms with Crippen molar-refractivity contribution >= 4 is 23.0 Å². The van der Waals surface area contributed by atoms with Crippen LogP contribution in [-0.4, -0.2) is 36.8 Å². The number of rotatable bonds is 4. The van der Waals surface area contributed by atoms with E-state index in [1.807, 2.05) is 19.9 Å². The molecule has 20 heavy (non-hydrogen) atoms. The summed E-state index contributed by atoms with van der Waals surface area (Å²) in [6.07, 6.45) is 2.25. The van der Waals surface area contributed by atoms with E-state index < -0.39 is 0 Å². The first kappa shape index (κ1) is 15.2. The number of aryl methyl sites for hydroxylation is 2. The number of hydrogen-bond donors (Lipinski definition) is 1. The van der Waals surface area contributed by atoms with Crippen molar-refractivity contribution in [2.75, 3.05) is 31.7 Å². The molecule has 0 atom stereocenters. The predicted octanol–water partition coefficient (Wildman–Crippen LogP) is 2.20. The zero-order valence-corrected chi connectivity index (χ0v) is 13.3. The summed E-state index contributed by atoms with van der Waals surface area (Å²) < 4.78 is 5.25. The number of anilines is 1. The number of thiocarbonyl (C=S) groups is 1. The van der Waals surface area contributed by atoms with E-state index in [2.05, 4.69) is 9.88 Å². The number of aromatic nitrogens is 1. The molecule has 110 valence electrons. The Balaban J connectivity index is 2.23. The Hall–Kier alpha value is -1.20. The summed E-state index contributed by atoms with van der Waals surface area (Å²) in [5.74, 6) is 1.60. The van der Waals surface area contributed by atoms with Crippen LogP contribution in [-0.2, 0) is 4.74 Å².